The van der Waals surface area contributed by atoms with E-state index in [0.717, 1.165) is 5.76 Å². The molecule has 0 aliphatic rings. The number of likely N-dealkylation sites (N-methyl/N-ethyl adjacent to an activating group) is 1. The molecule has 6 nitrogen and oxygen atoms in total. The van der Waals surface area contributed by atoms with E-state index in [4.69, 9.17) is 9.56 Å². The zero-order valence-electron chi connectivity index (χ0n) is 13.8. The van der Waals surface area contributed by atoms with Crippen LogP contribution in [-0.4, -0.2) is 26.3 Å². The van der Waals surface area contributed by atoms with Crippen molar-refractivity contribution in [3.63, 3.8) is 0 Å². The van der Waals surface area contributed by atoms with Gasteiger partial charge in [0.1, 0.15) is 11.5 Å². The van der Waals surface area contributed by atoms with E-state index in [0.29, 0.717) is 11.3 Å². The Hall–Kier alpha value is -2.38. The molecule has 1 amide bonds. The molecule has 1 atom stereocenters. The molecular formula is C17H20N2O4S. The first-order valence-corrected chi connectivity index (χ1v) is 8.87. The van der Waals surface area contributed by atoms with Crippen LogP contribution in [-0.2, 0) is 14.8 Å². The van der Waals surface area contributed by atoms with Crippen molar-refractivity contribution in [3.8, 4) is 0 Å². The van der Waals surface area contributed by atoms with E-state index in [-0.39, 0.29) is 16.8 Å². The van der Waals surface area contributed by atoms with Gasteiger partial charge in [0.25, 0.3) is 0 Å². The third-order valence-electron chi connectivity index (χ3n) is 3.75. The summed E-state index contributed by atoms with van der Waals surface area (Å²) >= 11 is 0. The first-order valence-electron chi connectivity index (χ1n) is 7.32. The number of furan rings is 1. The number of primary sulfonamides is 1. The van der Waals surface area contributed by atoms with E-state index in [1.54, 1.807) is 31.3 Å². The average molecular weight is 348 g/mol. The summed E-state index contributed by atoms with van der Waals surface area (Å²) < 4.78 is 28.3. The monoisotopic (exact) mass is 348 g/mol. The fourth-order valence-electron chi connectivity index (χ4n) is 2.18. The number of nitrogens with two attached hydrogens (primary N) is 1. The molecule has 2 N–H and O–H groups in total. The Kier molecular flexibility index (Phi) is 5.26. The van der Waals surface area contributed by atoms with Crippen LogP contribution in [0.2, 0.25) is 0 Å². The SMILES string of the molecule is Cc1ccc(/C=C/C(=O)N(C)C(C)c2cccc(S(N)(=O)=O)c2)o1. The van der Waals surface area contributed by atoms with E-state index in [2.05, 4.69) is 0 Å². The van der Waals surface area contributed by atoms with Crippen LogP contribution in [0.3, 0.4) is 0 Å². The van der Waals surface area contributed by atoms with Crippen molar-refractivity contribution in [3.05, 3.63) is 59.6 Å². The predicted molar refractivity (Wildman–Crippen MR) is 91.5 cm³/mol. The molecule has 2 rings (SSSR count). The van der Waals surface area contributed by atoms with Gasteiger partial charge in [0, 0.05) is 13.1 Å². The third-order valence-corrected chi connectivity index (χ3v) is 4.66. The number of rotatable bonds is 5. The number of sulfonamides is 1. The highest BCUT2D eigenvalue weighted by Crippen LogP contribution is 2.22. The summed E-state index contributed by atoms with van der Waals surface area (Å²) in [5.74, 6) is 1.14. The van der Waals surface area contributed by atoms with Gasteiger partial charge in [-0.1, -0.05) is 12.1 Å². The van der Waals surface area contributed by atoms with Crippen molar-refractivity contribution in [1.29, 1.82) is 0 Å². The molecule has 0 aliphatic carbocycles. The first-order chi connectivity index (χ1) is 11.2. The second-order valence-corrected chi connectivity index (χ2v) is 7.09. The second-order valence-electron chi connectivity index (χ2n) is 5.52. The molecule has 0 bridgehead atoms. The van der Waals surface area contributed by atoms with Crippen LogP contribution in [0.15, 0.2) is 51.8 Å². The van der Waals surface area contributed by atoms with Crippen LogP contribution in [0.4, 0.5) is 0 Å². The number of nitrogens with zero attached hydrogens (tertiary/aromatic N) is 1. The Morgan fingerprint density at radius 1 is 1.29 bits per heavy atom. The highest BCUT2D eigenvalue weighted by molar-refractivity contribution is 7.89. The molecule has 1 aromatic heterocycles. The molecule has 2 aromatic rings. The summed E-state index contributed by atoms with van der Waals surface area (Å²) in [6, 6.07) is 9.53. The summed E-state index contributed by atoms with van der Waals surface area (Å²) in [5.41, 5.74) is 0.680. The molecule has 1 heterocycles. The zero-order chi connectivity index (χ0) is 17.9. The largest absolute Gasteiger partial charge is 0.462 e. The van der Waals surface area contributed by atoms with Crippen LogP contribution in [0.5, 0.6) is 0 Å². The van der Waals surface area contributed by atoms with Gasteiger partial charge in [0.15, 0.2) is 0 Å². The van der Waals surface area contributed by atoms with Crippen LogP contribution in [0.1, 0.15) is 30.0 Å². The highest BCUT2D eigenvalue weighted by Gasteiger charge is 2.17. The topological polar surface area (TPSA) is 93.6 Å². The van der Waals surface area contributed by atoms with Crippen molar-refractivity contribution < 1.29 is 17.6 Å². The van der Waals surface area contributed by atoms with Gasteiger partial charge < -0.3 is 9.32 Å². The summed E-state index contributed by atoms with van der Waals surface area (Å²) in [6.07, 6.45) is 3.01. The van der Waals surface area contributed by atoms with Gasteiger partial charge in [-0.2, -0.15) is 0 Å². The third kappa shape index (κ3) is 4.33. The van der Waals surface area contributed by atoms with E-state index >= 15 is 0 Å². The smallest absolute Gasteiger partial charge is 0.246 e. The summed E-state index contributed by atoms with van der Waals surface area (Å²) in [5, 5.41) is 5.15. The van der Waals surface area contributed by atoms with Crippen molar-refractivity contribution in [1.82, 2.24) is 4.90 Å². The first kappa shape index (κ1) is 18.0. The molecule has 24 heavy (non-hydrogen) atoms. The fraction of sp³-hybridized carbons (Fsp3) is 0.235. The maximum Gasteiger partial charge on any atom is 0.246 e. The minimum Gasteiger partial charge on any atom is -0.462 e. The lowest BCUT2D eigenvalue weighted by Crippen LogP contribution is -2.28. The van der Waals surface area contributed by atoms with Crippen LogP contribution in [0.25, 0.3) is 6.08 Å². The van der Waals surface area contributed by atoms with Crippen molar-refractivity contribution >= 4 is 22.0 Å². The van der Waals surface area contributed by atoms with E-state index in [9.17, 15) is 13.2 Å². The summed E-state index contributed by atoms with van der Waals surface area (Å²) in [4.78, 5) is 13.8. The van der Waals surface area contributed by atoms with Gasteiger partial charge in [-0.05, 0) is 49.8 Å². The lowest BCUT2D eigenvalue weighted by atomic mass is 10.1. The van der Waals surface area contributed by atoms with Gasteiger partial charge in [-0.15, -0.1) is 0 Å². The van der Waals surface area contributed by atoms with Crippen molar-refractivity contribution in [2.75, 3.05) is 7.05 Å². The maximum atomic E-state index is 12.3. The van der Waals surface area contributed by atoms with E-state index in [1.807, 2.05) is 19.9 Å². The number of hydrogen-bond donors (Lipinski definition) is 1. The Morgan fingerprint density at radius 2 is 2.00 bits per heavy atom. The molecule has 7 heteroatoms. The average Bonchev–Trinajstić information content (AvgIpc) is 2.96. The molecule has 0 fully saturated rings. The van der Waals surface area contributed by atoms with Gasteiger partial charge >= 0.3 is 0 Å². The normalized spacial score (nSPS) is 13.2. The molecule has 0 aliphatic heterocycles. The fourth-order valence-corrected chi connectivity index (χ4v) is 2.75. The van der Waals surface area contributed by atoms with Gasteiger partial charge in [-0.3, -0.25) is 4.79 Å². The molecule has 0 radical (unpaired) electrons. The van der Waals surface area contributed by atoms with Crippen LogP contribution in [0, 0.1) is 6.92 Å². The molecule has 128 valence electrons. The molecule has 0 saturated carbocycles. The second kappa shape index (κ2) is 7.02. The number of amides is 1. The van der Waals surface area contributed by atoms with E-state index < -0.39 is 10.0 Å². The van der Waals surface area contributed by atoms with E-state index in [1.165, 1.54) is 23.1 Å². The van der Waals surface area contributed by atoms with Crippen LogP contribution >= 0.6 is 0 Å². The Morgan fingerprint density at radius 3 is 2.58 bits per heavy atom. The summed E-state index contributed by atoms with van der Waals surface area (Å²) in [6.45, 7) is 3.64. The predicted octanol–water partition coefficient (Wildman–Crippen LogP) is 2.47. The number of carbonyl (C=O) groups excluding carboxylic acids is 1. The molecule has 0 saturated heterocycles. The molecular weight excluding hydrogens is 328 g/mol. The Balaban J connectivity index is 2.15. The number of aryl methyl sites for hydroxylation is 1. The van der Waals surface area contributed by atoms with Gasteiger partial charge in [-0.25, -0.2) is 13.6 Å². The lowest BCUT2D eigenvalue weighted by Gasteiger charge is -2.24. The lowest BCUT2D eigenvalue weighted by molar-refractivity contribution is -0.126. The van der Waals surface area contributed by atoms with Crippen molar-refractivity contribution in [2.24, 2.45) is 5.14 Å². The van der Waals surface area contributed by atoms with Gasteiger partial charge in [0.2, 0.25) is 15.9 Å². The molecule has 0 spiro atoms. The number of hydrogen-bond acceptors (Lipinski definition) is 4. The number of carbonyl (C=O) groups is 1. The standard InChI is InChI=1S/C17H20N2O4S/c1-12-7-8-15(23-12)9-10-17(20)19(3)13(2)14-5-4-6-16(11-14)24(18,21)22/h4-11,13H,1-3H3,(H2,18,21,22)/b10-9+. The van der Waals surface area contributed by atoms with Crippen molar-refractivity contribution in [2.45, 2.75) is 24.8 Å². The zero-order valence-corrected chi connectivity index (χ0v) is 14.6. The minimum atomic E-state index is -3.78. The minimum absolute atomic E-state index is 0.0225. The Bertz CT molecular complexity index is 868. The highest BCUT2D eigenvalue weighted by atomic mass is 32.2. The maximum absolute atomic E-state index is 12.3. The quantitative estimate of drug-likeness (QED) is 0.840. The van der Waals surface area contributed by atoms with Gasteiger partial charge in [0.05, 0.1) is 10.9 Å². The molecule has 1 unspecified atom stereocenters. The summed E-state index contributed by atoms with van der Waals surface area (Å²) in [7, 11) is -2.13. The molecule has 1 aromatic carbocycles. The van der Waals surface area contributed by atoms with Crippen LogP contribution < -0.4 is 5.14 Å². The Labute approximate surface area is 141 Å². The number of benzene rings is 1.